The van der Waals surface area contributed by atoms with Crippen LogP contribution in [0, 0.1) is 17.7 Å². The number of carbonyl (C=O) groups is 1. The highest BCUT2D eigenvalue weighted by Gasteiger charge is 2.34. The molecular formula is C21H28BrFN2OS. The van der Waals surface area contributed by atoms with Crippen LogP contribution >= 0.6 is 27.7 Å². The van der Waals surface area contributed by atoms with E-state index >= 15 is 0 Å². The monoisotopic (exact) mass is 454 g/mol. The number of halogens is 2. The van der Waals surface area contributed by atoms with Gasteiger partial charge >= 0.3 is 0 Å². The van der Waals surface area contributed by atoms with Crippen molar-refractivity contribution < 1.29 is 9.18 Å². The van der Waals surface area contributed by atoms with E-state index in [4.69, 9.17) is 0 Å². The summed E-state index contributed by atoms with van der Waals surface area (Å²) >= 11 is 5.11. The number of benzene rings is 1. The molecule has 0 N–H and O–H groups in total. The highest BCUT2D eigenvalue weighted by atomic mass is 79.9. The van der Waals surface area contributed by atoms with Crippen LogP contribution in [-0.4, -0.2) is 53.0 Å². The Morgan fingerprint density at radius 2 is 1.93 bits per heavy atom. The Balaban J connectivity index is 1.17. The van der Waals surface area contributed by atoms with Gasteiger partial charge in [-0.15, -0.1) is 0 Å². The SMILES string of the molecule is O=C1SC(CCN2CCC(Cc3cc(F)ccc3Br)CC2)CN1CC1CC1. The summed E-state index contributed by atoms with van der Waals surface area (Å²) in [6, 6.07) is 4.98. The maximum absolute atomic E-state index is 13.5. The van der Waals surface area contributed by atoms with Crippen molar-refractivity contribution in [1.82, 2.24) is 9.80 Å². The van der Waals surface area contributed by atoms with Crippen molar-refractivity contribution in [3.05, 3.63) is 34.1 Å². The summed E-state index contributed by atoms with van der Waals surface area (Å²) in [4.78, 5) is 16.7. The molecule has 1 aliphatic carbocycles. The van der Waals surface area contributed by atoms with Crippen LogP contribution in [0.5, 0.6) is 0 Å². The maximum Gasteiger partial charge on any atom is 0.282 e. The molecule has 0 spiro atoms. The van der Waals surface area contributed by atoms with E-state index in [1.54, 1.807) is 17.8 Å². The molecule has 6 heteroatoms. The Kier molecular flexibility index (Phi) is 6.45. The van der Waals surface area contributed by atoms with E-state index in [9.17, 15) is 9.18 Å². The van der Waals surface area contributed by atoms with Crippen molar-refractivity contribution in [3.8, 4) is 0 Å². The van der Waals surface area contributed by atoms with Gasteiger partial charge in [0.1, 0.15) is 5.82 Å². The van der Waals surface area contributed by atoms with Crippen molar-refractivity contribution in [2.75, 3.05) is 32.7 Å². The van der Waals surface area contributed by atoms with Gasteiger partial charge in [0, 0.05) is 22.8 Å². The highest BCUT2D eigenvalue weighted by Crippen LogP contribution is 2.35. The number of amides is 1. The van der Waals surface area contributed by atoms with Crippen molar-refractivity contribution in [2.24, 2.45) is 11.8 Å². The second-order valence-electron chi connectivity index (χ2n) is 8.37. The molecule has 2 aliphatic heterocycles. The molecule has 3 aliphatic rings. The van der Waals surface area contributed by atoms with Crippen LogP contribution in [0.15, 0.2) is 22.7 Å². The van der Waals surface area contributed by atoms with Crippen LogP contribution in [0.25, 0.3) is 0 Å². The first kappa shape index (κ1) is 19.7. The van der Waals surface area contributed by atoms with Gasteiger partial charge in [0.05, 0.1) is 0 Å². The average Bonchev–Trinajstić information content (AvgIpc) is 3.40. The van der Waals surface area contributed by atoms with Crippen LogP contribution in [0.3, 0.4) is 0 Å². The van der Waals surface area contributed by atoms with Gasteiger partial charge in [-0.1, -0.05) is 27.7 Å². The smallest absolute Gasteiger partial charge is 0.282 e. The third-order valence-corrected chi connectivity index (χ3v) is 8.07. The molecule has 1 atom stereocenters. The zero-order valence-corrected chi connectivity index (χ0v) is 18.1. The molecule has 0 bridgehead atoms. The Hall–Kier alpha value is -0.590. The zero-order valence-electron chi connectivity index (χ0n) is 15.7. The van der Waals surface area contributed by atoms with Gasteiger partial charge in [-0.2, -0.15) is 0 Å². The molecule has 2 heterocycles. The molecule has 4 rings (SSSR count). The molecule has 1 unspecified atom stereocenters. The number of piperidine rings is 1. The molecular weight excluding hydrogens is 427 g/mol. The molecule has 148 valence electrons. The Morgan fingerprint density at radius 1 is 1.15 bits per heavy atom. The van der Waals surface area contributed by atoms with Gasteiger partial charge in [0.2, 0.25) is 0 Å². The number of nitrogens with zero attached hydrogens (tertiary/aromatic N) is 2. The van der Waals surface area contributed by atoms with Crippen molar-refractivity contribution in [2.45, 2.75) is 43.8 Å². The van der Waals surface area contributed by atoms with Crippen LogP contribution in [0.2, 0.25) is 0 Å². The molecule has 1 amide bonds. The first-order chi connectivity index (χ1) is 13.1. The van der Waals surface area contributed by atoms with Crippen molar-refractivity contribution in [3.63, 3.8) is 0 Å². The summed E-state index contributed by atoms with van der Waals surface area (Å²) in [7, 11) is 0. The van der Waals surface area contributed by atoms with Gasteiger partial charge in [-0.3, -0.25) is 4.79 Å². The fourth-order valence-electron chi connectivity index (χ4n) is 4.24. The summed E-state index contributed by atoms with van der Waals surface area (Å²) in [6.07, 6.45) is 7.02. The minimum atomic E-state index is -0.148. The Labute approximate surface area is 174 Å². The predicted molar refractivity (Wildman–Crippen MR) is 113 cm³/mol. The molecule has 1 aromatic carbocycles. The third kappa shape index (κ3) is 5.48. The van der Waals surface area contributed by atoms with Gasteiger partial charge in [0.15, 0.2) is 0 Å². The summed E-state index contributed by atoms with van der Waals surface area (Å²) in [5, 5.41) is 0.767. The van der Waals surface area contributed by atoms with Gasteiger partial charge in [-0.25, -0.2) is 4.39 Å². The normalized spacial score (nSPS) is 24.7. The minimum absolute atomic E-state index is 0.148. The molecule has 27 heavy (non-hydrogen) atoms. The fourth-order valence-corrected chi connectivity index (χ4v) is 5.71. The van der Waals surface area contributed by atoms with E-state index < -0.39 is 0 Å². The molecule has 1 aromatic rings. The van der Waals surface area contributed by atoms with E-state index in [0.29, 0.717) is 16.4 Å². The predicted octanol–water partition coefficient (Wildman–Crippen LogP) is 5.18. The van der Waals surface area contributed by atoms with Crippen molar-refractivity contribution >= 4 is 32.9 Å². The molecule has 3 nitrogen and oxygen atoms in total. The lowest BCUT2D eigenvalue weighted by atomic mass is 9.90. The fraction of sp³-hybridized carbons (Fsp3) is 0.667. The number of hydrogen-bond acceptors (Lipinski definition) is 3. The second-order valence-corrected chi connectivity index (χ2v) is 10.5. The molecule has 0 aromatic heterocycles. The lowest BCUT2D eigenvalue weighted by Gasteiger charge is -2.32. The minimum Gasteiger partial charge on any atom is -0.332 e. The first-order valence-corrected chi connectivity index (χ1v) is 11.9. The van der Waals surface area contributed by atoms with Gasteiger partial charge < -0.3 is 9.80 Å². The lowest BCUT2D eigenvalue weighted by Crippen LogP contribution is -2.36. The number of carbonyl (C=O) groups excluding carboxylic acids is 1. The van der Waals surface area contributed by atoms with E-state index in [2.05, 4.69) is 25.7 Å². The molecule has 0 radical (unpaired) electrons. The molecule has 1 saturated carbocycles. The number of hydrogen-bond donors (Lipinski definition) is 0. The number of rotatable bonds is 7. The summed E-state index contributed by atoms with van der Waals surface area (Å²) in [6.45, 7) is 5.27. The van der Waals surface area contributed by atoms with E-state index in [-0.39, 0.29) is 5.82 Å². The van der Waals surface area contributed by atoms with Gasteiger partial charge in [0.25, 0.3) is 5.24 Å². The van der Waals surface area contributed by atoms with Crippen LogP contribution in [0.1, 0.15) is 37.7 Å². The third-order valence-electron chi connectivity index (χ3n) is 6.12. The summed E-state index contributed by atoms with van der Waals surface area (Å²) < 4.78 is 14.5. The quantitative estimate of drug-likeness (QED) is 0.566. The number of likely N-dealkylation sites (tertiary alicyclic amines) is 1. The van der Waals surface area contributed by atoms with Crippen molar-refractivity contribution in [1.29, 1.82) is 0 Å². The Bertz CT molecular complexity index is 676. The molecule has 3 fully saturated rings. The van der Waals surface area contributed by atoms with Crippen LogP contribution < -0.4 is 0 Å². The Morgan fingerprint density at radius 3 is 2.67 bits per heavy atom. The van der Waals surface area contributed by atoms with E-state index in [0.717, 1.165) is 61.5 Å². The standard InChI is InChI=1S/C21H28BrFN2OS/c22-20-4-3-18(23)12-17(20)11-15-5-8-24(9-6-15)10-7-19-14-25(21(26)27-19)13-16-1-2-16/h3-4,12,15-16,19H,1-2,5-11,13-14H2. The zero-order chi connectivity index (χ0) is 18.8. The second kappa shape index (κ2) is 8.83. The summed E-state index contributed by atoms with van der Waals surface area (Å²) in [5.74, 6) is 1.27. The number of thioether (sulfide) groups is 1. The van der Waals surface area contributed by atoms with Crippen LogP contribution in [0.4, 0.5) is 9.18 Å². The van der Waals surface area contributed by atoms with Crippen LogP contribution in [-0.2, 0) is 6.42 Å². The average molecular weight is 455 g/mol. The topological polar surface area (TPSA) is 23.6 Å². The lowest BCUT2D eigenvalue weighted by molar-refractivity contribution is 0.180. The summed E-state index contributed by atoms with van der Waals surface area (Å²) in [5.41, 5.74) is 1.09. The first-order valence-electron chi connectivity index (χ1n) is 10.2. The van der Waals surface area contributed by atoms with E-state index in [1.165, 1.54) is 31.7 Å². The van der Waals surface area contributed by atoms with E-state index in [1.807, 2.05) is 6.07 Å². The largest absolute Gasteiger partial charge is 0.332 e. The molecule has 2 saturated heterocycles. The maximum atomic E-state index is 13.5. The van der Waals surface area contributed by atoms with Gasteiger partial charge in [-0.05, 0) is 93.8 Å². The highest BCUT2D eigenvalue weighted by molar-refractivity contribution is 9.10.